The first kappa shape index (κ1) is 19.2. The third-order valence-electron chi connectivity index (χ3n) is 5.89. The summed E-state index contributed by atoms with van der Waals surface area (Å²) in [4.78, 5) is 27.1. The Morgan fingerprint density at radius 1 is 0.774 bits per heavy atom. The van der Waals surface area contributed by atoms with Gasteiger partial charge in [0, 0.05) is 32.5 Å². The lowest BCUT2D eigenvalue weighted by Gasteiger charge is -2.34. The maximum Gasteiger partial charge on any atom is 0.229 e. The molecule has 1 aromatic heterocycles. The predicted molar refractivity (Wildman–Crippen MR) is 125 cm³/mol. The molecule has 0 bridgehead atoms. The summed E-state index contributed by atoms with van der Waals surface area (Å²) in [6, 6.07) is 28.3. The maximum atomic E-state index is 13.6. The summed E-state index contributed by atoms with van der Waals surface area (Å²) in [7, 11) is 2.00. The maximum absolute atomic E-state index is 13.6. The Labute approximate surface area is 182 Å². The number of rotatable bonds is 4. The van der Waals surface area contributed by atoms with Gasteiger partial charge in [-0.05, 0) is 23.3 Å². The fourth-order valence-corrected chi connectivity index (χ4v) is 4.21. The molecule has 3 aromatic carbocycles. The quantitative estimate of drug-likeness (QED) is 0.494. The van der Waals surface area contributed by atoms with Crippen LogP contribution in [0.25, 0.3) is 11.0 Å². The van der Waals surface area contributed by atoms with Crippen molar-refractivity contribution in [1.29, 1.82) is 0 Å². The van der Waals surface area contributed by atoms with Crippen molar-refractivity contribution in [3.8, 4) is 0 Å². The molecule has 0 aliphatic carbocycles. The van der Waals surface area contributed by atoms with Crippen LogP contribution in [-0.4, -0.2) is 36.0 Å². The molecule has 31 heavy (non-hydrogen) atoms. The van der Waals surface area contributed by atoms with Crippen molar-refractivity contribution in [3.63, 3.8) is 0 Å². The number of hydrogen-bond donors (Lipinski definition) is 0. The number of benzene rings is 3. The van der Waals surface area contributed by atoms with Gasteiger partial charge < -0.3 is 4.90 Å². The fraction of sp³-hybridized carbons (Fsp3) is 0.192. The summed E-state index contributed by atoms with van der Waals surface area (Å²) in [5.74, 6) is 1.47. The third kappa shape index (κ3) is 3.75. The number of amides is 1. The molecule has 0 unspecified atom stereocenters. The van der Waals surface area contributed by atoms with Crippen LogP contribution in [0, 0.1) is 0 Å². The molecule has 0 N–H and O–H groups in total. The van der Waals surface area contributed by atoms with Crippen molar-refractivity contribution < 1.29 is 4.79 Å². The second-order valence-corrected chi connectivity index (χ2v) is 7.90. The SMILES string of the molecule is CN1CCN(C(=O)CC(c2ccccc2)c2ccccc2)c2nc3ccccc3nc21. The highest BCUT2D eigenvalue weighted by Gasteiger charge is 2.30. The van der Waals surface area contributed by atoms with Gasteiger partial charge in [0.25, 0.3) is 0 Å². The summed E-state index contributed by atoms with van der Waals surface area (Å²) in [5, 5.41) is 0. The third-order valence-corrected chi connectivity index (χ3v) is 5.89. The first-order valence-electron chi connectivity index (χ1n) is 10.6. The number of nitrogens with zero attached hydrogens (tertiary/aromatic N) is 4. The predicted octanol–water partition coefficient (Wildman–Crippen LogP) is 4.63. The Hall–Kier alpha value is -3.73. The molecule has 4 aromatic rings. The second-order valence-electron chi connectivity index (χ2n) is 7.90. The average Bonchev–Trinajstić information content (AvgIpc) is 2.83. The molecule has 1 aliphatic rings. The zero-order chi connectivity index (χ0) is 21.2. The molecule has 0 radical (unpaired) electrons. The van der Waals surface area contributed by atoms with Crippen molar-refractivity contribution in [2.75, 3.05) is 29.9 Å². The molecule has 0 saturated carbocycles. The van der Waals surface area contributed by atoms with Crippen LogP contribution in [0.2, 0.25) is 0 Å². The van der Waals surface area contributed by atoms with Crippen molar-refractivity contribution in [2.45, 2.75) is 12.3 Å². The molecule has 154 valence electrons. The molecule has 0 spiro atoms. The lowest BCUT2D eigenvalue weighted by atomic mass is 9.88. The van der Waals surface area contributed by atoms with Crippen LogP contribution in [-0.2, 0) is 4.79 Å². The monoisotopic (exact) mass is 408 g/mol. The van der Waals surface area contributed by atoms with Crippen LogP contribution in [0.15, 0.2) is 84.9 Å². The molecule has 2 heterocycles. The highest BCUT2D eigenvalue weighted by molar-refractivity contribution is 5.98. The molecule has 1 amide bonds. The van der Waals surface area contributed by atoms with Crippen LogP contribution < -0.4 is 9.80 Å². The molecule has 5 heteroatoms. The number of likely N-dealkylation sites (N-methyl/N-ethyl adjacent to an activating group) is 1. The van der Waals surface area contributed by atoms with Crippen molar-refractivity contribution in [1.82, 2.24) is 9.97 Å². The van der Waals surface area contributed by atoms with Gasteiger partial charge in [0.2, 0.25) is 5.91 Å². The van der Waals surface area contributed by atoms with E-state index in [1.54, 1.807) is 0 Å². The standard InChI is InChI=1S/C26H24N4O/c1-29-16-17-30(26-25(29)27-22-14-8-9-15-23(22)28-26)24(31)18-21(19-10-4-2-5-11-19)20-12-6-3-7-13-20/h2-15,21H,16-18H2,1H3. The highest BCUT2D eigenvalue weighted by Crippen LogP contribution is 2.34. The molecular formula is C26H24N4O. The number of carbonyl (C=O) groups is 1. The highest BCUT2D eigenvalue weighted by atomic mass is 16.2. The topological polar surface area (TPSA) is 49.3 Å². The van der Waals surface area contributed by atoms with Gasteiger partial charge in [-0.3, -0.25) is 9.69 Å². The van der Waals surface area contributed by atoms with Crippen LogP contribution in [0.1, 0.15) is 23.5 Å². The first-order valence-corrected chi connectivity index (χ1v) is 10.6. The Morgan fingerprint density at radius 2 is 1.29 bits per heavy atom. The summed E-state index contributed by atoms with van der Waals surface area (Å²) in [5.41, 5.74) is 3.92. The Balaban J connectivity index is 1.51. The molecule has 0 atom stereocenters. The van der Waals surface area contributed by atoms with E-state index in [0.717, 1.165) is 34.5 Å². The van der Waals surface area contributed by atoms with Gasteiger partial charge in [-0.1, -0.05) is 72.8 Å². The van der Waals surface area contributed by atoms with Gasteiger partial charge >= 0.3 is 0 Å². The number of aromatic nitrogens is 2. The summed E-state index contributed by atoms with van der Waals surface area (Å²) < 4.78 is 0. The average molecular weight is 409 g/mol. The zero-order valence-electron chi connectivity index (χ0n) is 17.5. The Bertz CT molecular complexity index is 1170. The van der Waals surface area contributed by atoms with E-state index >= 15 is 0 Å². The lowest BCUT2D eigenvalue weighted by Crippen LogP contribution is -2.44. The van der Waals surface area contributed by atoms with E-state index in [1.807, 2.05) is 72.6 Å². The van der Waals surface area contributed by atoms with Crippen LogP contribution in [0.4, 0.5) is 11.6 Å². The molecule has 5 rings (SSSR count). The molecule has 0 saturated heterocycles. The molecule has 0 fully saturated rings. The summed E-state index contributed by atoms with van der Waals surface area (Å²) >= 11 is 0. The van der Waals surface area contributed by atoms with Gasteiger partial charge in [-0.25, -0.2) is 9.97 Å². The van der Waals surface area contributed by atoms with Crippen LogP contribution >= 0.6 is 0 Å². The smallest absolute Gasteiger partial charge is 0.229 e. The number of anilines is 2. The Kier molecular flexibility index (Phi) is 5.08. The number of para-hydroxylation sites is 2. The van der Waals surface area contributed by atoms with E-state index in [1.165, 1.54) is 0 Å². The Morgan fingerprint density at radius 3 is 1.87 bits per heavy atom. The lowest BCUT2D eigenvalue weighted by molar-refractivity contribution is -0.118. The van der Waals surface area contributed by atoms with Gasteiger partial charge in [0.05, 0.1) is 11.0 Å². The van der Waals surface area contributed by atoms with Crippen molar-refractivity contribution in [2.24, 2.45) is 0 Å². The molecular weight excluding hydrogens is 384 g/mol. The van der Waals surface area contributed by atoms with E-state index in [4.69, 9.17) is 9.97 Å². The van der Waals surface area contributed by atoms with Gasteiger partial charge in [-0.2, -0.15) is 0 Å². The van der Waals surface area contributed by atoms with Crippen molar-refractivity contribution in [3.05, 3.63) is 96.1 Å². The minimum atomic E-state index is -0.00794. The number of hydrogen-bond acceptors (Lipinski definition) is 4. The van der Waals surface area contributed by atoms with Gasteiger partial charge in [0.15, 0.2) is 11.6 Å². The van der Waals surface area contributed by atoms with E-state index in [-0.39, 0.29) is 11.8 Å². The van der Waals surface area contributed by atoms with E-state index < -0.39 is 0 Å². The summed E-state index contributed by atoms with van der Waals surface area (Å²) in [6.07, 6.45) is 0.381. The number of carbonyl (C=O) groups excluding carboxylic acids is 1. The molecule has 5 nitrogen and oxygen atoms in total. The largest absolute Gasteiger partial charge is 0.355 e. The summed E-state index contributed by atoms with van der Waals surface area (Å²) in [6.45, 7) is 1.33. The van der Waals surface area contributed by atoms with Crippen molar-refractivity contribution >= 4 is 28.6 Å². The normalized spacial score (nSPS) is 13.5. The van der Waals surface area contributed by atoms with Crippen LogP contribution in [0.5, 0.6) is 0 Å². The van der Waals surface area contributed by atoms with Gasteiger partial charge in [-0.15, -0.1) is 0 Å². The van der Waals surface area contributed by atoms with E-state index in [0.29, 0.717) is 18.8 Å². The zero-order valence-corrected chi connectivity index (χ0v) is 17.5. The minimum Gasteiger partial charge on any atom is -0.355 e. The molecule has 1 aliphatic heterocycles. The first-order chi connectivity index (χ1) is 15.2. The second kappa shape index (κ2) is 8.19. The minimum absolute atomic E-state index is 0.00794. The fourth-order valence-electron chi connectivity index (χ4n) is 4.21. The van der Waals surface area contributed by atoms with Crippen LogP contribution in [0.3, 0.4) is 0 Å². The van der Waals surface area contributed by atoms with E-state index in [2.05, 4.69) is 29.2 Å². The number of fused-ring (bicyclic) bond motifs is 2. The van der Waals surface area contributed by atoms with E-state index in [9.17, 15) is 4.79 Å². The van der Waals surface area contributed by atoms with Gasteiger partial charge in [0.1, 0.15) is 0 Å².